The average molecular weight is 327 g/mol. The number of carboxylic acids is 1. The van der Waals surface area contributed by atoms with Crippen molar-refractivity contribution in [3.8, 4) is 5.75 Å². The fourth-order valence-corrected chi connectivity index (χ4v) is 3.75. The largest absolute Gasteiger partial charge is 0.496 e. The molecule has 2 heterocycles. The number of hydrogen-bond donors (Lipinski definition) is 3. The predicted octanol–water partition coefficient (Wildman–Crippen LogP) is 2.08. The Balaban J connectivity index is 1.90. The van der Waals surface area contributed by atoms with E-state index in [1.54, 1.807) is 7.11 Å². The van der Waals surface area contributed by atoms with E-state index in [0.717, 1.165) is 24.8 Å². The SMILES string of the molecule is COc1cc2c(cc1C1CC(=O)Nc3n[nH]c(C(=O)O)c31)CCC2. The molecule has 1 aliphatic heterocycles. The Hall–Kier alpha value is -2.83. The van der Waals surface area contributed by atoms with Crippen LogP contribution in [0.25, 0.3) is 0 Å². The molecule has 1 amide bonds. The van der Waals surface area contributed by atoms with E-state index in [2.05, 4.69) is 21.6 Å². The summed E-state index contributed by atoms with van der Waals surface area (Å²) in [6.07, 6.45) is 3.29. The number of aromatic carboxylic acids is 1. The molecular weight excluding hydrogens is 310 g/mol. The number of methoxy groups -OCH3 is 1. The number of carbonyl (C=O) groups is 2. The fraction of sp³-hybridized carbons (Fsp3) is 0.353. The van der Waals surface area contributed by atoms with Gasteiger partial charge in [-0.1, -0.05) is 6.07 Å². The molecule has 2 aliphatic rings. The Labute approximate surface area is 138 Å². The second kappa shape index (κ2) is 5.36. The third-order valence-corrected chi connectivity index (χ3v) is 4.83. The van der Waals surface area contributed by atoms with Crippen LogP contribution in [0.15, 0.2) is 12.1 Å². The highest BCUT2D eigenvalue weighted by molar-refractivity contribution is 5.98. The van der Waals surface area contributed by atoms with E-state index in [1.165, 1.54) is 11.1 Å². The van der Waals surface area contributed by atoms with Crippen molar-refractivity contribution < 1.29 is 19.4 Å². The first-order chi connectivity index (χ1) is 11.6. The standard InChI is InChI=1S/C17H17N3O4/c1-24-12-6-9-4-2-3-8(9)5-10(12)11-7-13(21)18-16-14(11)15(17(22)23)19-20-16/h5-6,11H,2-4,7H2,1H3,(H,22,23)(H2,18,19,20,21). The van der Waals surface area contributed by atoms with Crippen LogP contribution in [0.4, 0.5) is 5.82 Å². The number of amides is 1. The number of aromatic nitrogens is 2. The molecule has 1 atom stereocenters. The van der Waals surface area contributed by atoms with Crippen LogP contribution in [0, 0.1) is 0 Å². The number of carbonyl (C=O) groups excluding carboxylic acids is 1. The van der Waals surface area contributed by atoms with Gasteiger partial charge < -0.3 is 15.2 Å². The minimum absolute atomic E-state index is 0.0116. The van der Waals surface area contributed by atoms with E-state index < -0.39 is 5.97 Å². The molecule has 0 fully saturated rings. The maximum absolute atomic E-state index is 12.1. The lowest BCUT2D eigenvalue weighted by molar-refractivity contribution is -0.116. The molecule has 2 aromatic rings. The van der Waals surface area contributed by atoms with Gasteiger partial charge in [0.1, 0.15) is 11.4 Å². The molecule has 7 heteroatoms. The third-order valence-electron chi connectivity index (χ3n) is 4.83. The first kappa shape index (κ1) is 14.7. The second-order valence-corrected chi connectivity index (χ2v) is 6.19. The molecule has 1 aromatic carbocycles. The first-order valence-corrected chi connectivity index (χ1v) is 7.89. The number of hydrogen-bond acceptors (Lipinski definition) is 4. The van der Waals surface area contributed by atoms with Crippen LogP contribution in [-0.4, -0.2) is 34.3 Å². The lowest BCUT2D eigenvalue weighted by Crippen LogP contribution is -2.24. The Bertz CT molecular complexity index is 856. The van der Waals surface area contributed by atoms with Crippen molar-refractivity contribution in [1.29, 1.82) is 0 Å². The highest BCUT2D eigenvalue weighted by atomic mass is 16.5. The summed E-state index contributed by atoms with van der Waals surface area (Å²) in [5, 5.41) is 18.5. The smallest absolute Gasteiger partial charge is 0.354 e. The molecule has 3 N–H and O–H groups in total. The van der Waals surface area contributed by atoms with E-state index >= 15 is 0 Å². The van der Waals surface area contributed by atoms with E-state index in [1.807, 2.05) is 6.07 Å². The summed E-state index contributed by atoms with van der Waals surface area (Å²) in [5.74, 6) is -0.682. The van der Waals surface area contributed by atoms with Crippen LogP contribution in [0.5, 0.6) is 5.75 Å². The molecule has 0 radical (unpaired) electrons. The number of benzene rings is 1. The fourth-order valence-electron chi connectivity index (χ4n) is 3.75. The van der Waals surface area contributed by atoms with E-state index in [-0.39, 0.29) is 29.8 Å². The van der Waals surface area contributed by atoms with Gasteiger partial charge in [0, 0.05) is 23.5 Å². The Morgan fingerprint density at radius 3 is 2.79 bits per heavy atom. The number of nitrogens with one attached hydrogen (secondary N) is 2. The van der Waals surface area contributed by atoms with Crippen molar-refractivity contribution in [2.45, 2.75) is 31.6 Å². The van der Waals surface area contributed by atoms with Gasteiger partial charge in [0.2, 0.25) is 5.91 Å². The quantitative estimate of drug-likeness (QED) is 0.800. The molecule has 7 nitrogen and oxygen atoms in total. The first-order valence-electron chi connectivity index (χ1n) is 7.89. The summed E-state index contributed by atoms with van der Waals surface area (Å²) in [7, 11) is 1.59. The van der Waals surface area contributed by atoms with Gasteiger partial charge in [0.15, 0.2) is 5.82 Å². The molecular formula is C17H17N3O4. The van der Waals surface area contributed by atoms with E-state index in [0.29, 0.717) is 11.3 Å². The zero-order valence-electron chi connectivity index (χ0n) is 13.2. The van der Waals surface area contributed by atoms with Gasteiger partial charge in [-0.15, -0.1) is 0 Å². The minimum Gasteiger partial charge on any atom is -0.496 e. The van der Waals surface area contributed by atoms with Crippen LogP contribution in [0.2, 0.25) is 0 Å². The van der Waals surface area contributed by atoms with Gasteiger partial charge >= 0.3 is 5.97 Å². The number of anilines is 1. The predicted molar refractivity (Wildman–Crippen MR) is 85.7 cm³/mol. The van der Waals surface area contributed by atoms with Crippen molar-refractivity contribution in [1.82, 2.24) is 10.2 Å². The number of aromatic amines is 1. The van der Waals surface area contributed by atoms with Crippen molar-refractivity contribution in [2.24, 2.45) is 0 Å². The topological polar surface area (TPSA) is 104 Å². The molecule has 124 valence electrons. The van der Waals surface area contributed by atoms with Crippen molar-refractivity contribution >= 4 is 17.7 Å². The zero-order valence-corrected chi connectivity index (χ0v) is 13.2. The number of fused-ring (bicyclic) bond motifs is 2. The maximum Gasteiger partial charge on any atom is 0.354 e. The van der Waals surface area contributed by atoms with Crippen molar-refractivity contribution in [3.05, 3.63) is 40.1 Å². The van der Waals surface area contributed by atoms with Gasteiger partial charge in [0.25, 0.3) is 0 Å². The molecule has 1 unspecified atom stereocenters. The summed E-state index contributed by atoms with van der Waals surface area (Å²) in [6, 6.07) is 4.08. The summed E-state index contributed by atoms with van der Waals surface area (Å²) >= 11 is 0. The van der Waals surface area contributed by atoms with Gasteiger partial charge in [-0.25, -0.2) is 4.79 Å². The summed E-state index contributed by atoms with van der Waals surface area (Å²) in [5.41, 5.74) is 3.88. The van der Waals surface area contributed by atoms with Crippen LogP contribution in [0.3, 0.4) is 0 Å². The van der Waals surface area contributed by atoms with Crippen LogP contribution < -0.4 is 10.1 Å². The number of nitrogens with zero attached hydrogens (tertiary/aromatic N) is 1. The minimum atomic E-state index is -1.09. The Morgan fingerprint density at radius 2 is 2.08 bits per heavy atom. The molecule has 4 rings (SSSR count). The number of aryl methyl sites for hydroxylation is 2. The molecule has 24 heavy (non-hydrogen) atoms. The molecule has 1 aliphatic carbocycles. The number of H-pyrrole nitrogens is 1. The van der Waals surface area contributed by atoms with Crippen molar-refractivity contribution in [3.63, 3.8) is 0 Å². The average Bonchev–Trinajstić information content (AvgIpc) is 3.18. The molecule has 0 bridgehead atoms. The third kappa shape index (κ3) is 2.16. The van der Waals surface area contributed by atoms with Gasteiger partial charge in [0.05, 0.1) is 7.11 Å². The van der Waals surface area contributed by atoms with Crippen molar-refractivity contribution in [2.75, 3.05) is 12.4 Å². The monoisotopic (exact) mass is 327 g/mol. The number of ether oxygens (including phenoxy) is 1. The van der Waals surface area contributed by atoms with E-state index in [4.69, 9.17) is 4.74 Å². The Kier molecular flexibility index (Phi) is 3.30. The van der Waals surface area contributed by atoms with Gasteiger partial charge in [-0.05, 0) is 36.5 Å². The number of carboxylic acid groups (broad SMARTS) is 1. The second-order valence-electron chi connectivity index (χ2n) is 6.19. The molecule has 0 spiro atoms. The van der Waals surface area contributed by atoms with Crippen LogP contribution in [0.1, 0.15) is 51.5 Å². The van der Waals surface area contributed by atoms with E-state index in [9.17, 15) is 14.7 Å². The molecule has 0 saturated heterocycles. The lowest BCUT2D eigenvalue weighted by Gasteiger charge is -2.25. The normalized spacial score (nSPS) is 18.7. The number of rotatable bonds is 3. The van der Waals surface area contributed by atoms with Gasteiger partial charge in [-0.2, -0.15) is 5.10 Å². The highest BCUT2D eigenvalue weighted by Gasteiger charge is 2.35. The summed E-state index contributed by atoms with van der Waals surface area (Å²) < 4.78 is 5.54. The Morgan fingerprint density at radius 1 is 1.33 bits per heavy atom. The maximum atomic E-state index is 12.1. The van der Waals surface area contributed by atoms with Crippen LogP contribution >= 0.6 is 0 Å². The summed E-state index contributed by atoms with van der Waals surface area (Å²) in [6.45, 7) is 0. The zero-order chi connectivity index (χ0) is 16.8. The van der Waals surface area contributed by atoms with Gasteiger partial charge in [-0.3, -0.25) is 9.89 Å². The highest BCUT2D eigenvalue weighted by Crippen LogP contribution is 2.43. The molecule has 1 aromatic heterocycles. The summed E-state index contributed by atoms with van der Waals surface area (Å²) in [4.78, 5) is 23.6. The lowest BCUT2D eigenvalue weighted by atomic mass is 9.84. The van der Waals surface area contributed by atoms with Crippen LogP contribution in [-0.2, 0) is 17.6 Å². The molecule has 0 saturated carbocycles.